The highest BCUT2D eigenvalue weighted by molar-refractivity contribution is 6.30. The molecule has 2 N–H and O–H groups in total. The molecular formula is C18H19ClFN. The molecule has 0 aromatic heterocycles. The first-order valence-electron chi connectivity index (χ1n) is 7.33. The van der Waals surface area contributed by atoms with Gasteiger partial charge in [0.1, 0.15) is 5.82 Å². The monoisotopic (exact) mass is 303 g/mol. The first kappa shape index (κ1) is 14.6. The van der Waals surface area contributed by atoms with Gasteiger partial charge in [0.15, 0.2) is 0 Å². The second-order valence-corrected chi connectivity index (χ2v) is 6.45. The van der Waals surface area contributed by atoms with Gasteiger partial charge < -0.3 is 5.73 Å². The van der Waals surface area contributed by atoms with Crippen LogP contribution in [0.3, 0.4) is 0 Å². The van der Waals surface area contributed by atoms with E-state index in [1.165, 1.54) is 11.1 Å². The van der Waals surface area contributed by atoms with Gasteiger partial charge in [-0.15, -0.1) is 0 Å². The molecule has 21 heavy (non-hydrogen) atoms. The van der Waals surface area contributed by atoms with Gasteiger partial charge in [-0.2, -0.15) is 0 Å². The molecular weight excluding hydrogens is 285 g/mol. The van der Waals surface area contributed by atoms with Crippen LogP contribution in [-0.2, 0) is 19.3 Å². The number of benzene rings is 2. The Morgan fingerprint density at radius 3 is 2.62 bits per heavy atom. The zero-order valence-electron chi connectivity index (χ0n) is 11.9. The summed E-state index contributed by atoms with van der Waals surface area (Å²) in [7, 11) is 0. The van der Waals surface area contributed by atoms with Gasteiger partial charge in [0.05, 0.1) is 5.02 Å². The zero-order chi connectivity index (χ0) is 14.9. The van der Waals surface area contributed by atoms with Crippen molar-refractivity contribution in [1.29, 1.82) is 0 Å². The van der Waals surface area contributed by atoms with E-state index in [1.807, 2.05) is 12.1 Å². The fourth-order valence-electron chi connectivity index (χ4n) is 3.35. The average molecular weight is 304 g/mol. The topological polar surface area (TPSA) is 26.0 Å². The van der Waals surface area contributed by atoms with E-state index in [1.54, 1.807) is 6.07 Å². The lowest BCUT2D eigenvalue weighted by Gasteiger charge is -2.37. The maximum Gasteiger partial charge on any atom is 0.144 e. The highest BCUT2D eigenvalue weighted by Crippen LogP contribution is 2.38. The molecule has 2 aromatic rings. The molecule has 3 rings (SSSR count). The zero-order valence-corrected chi connectivity index (χ0v) is 12.7. The van der Waals surface area contributed by atoms with Gasteiger partial charge in [0.2, 0.25) is 0 Å². The van der Waals surface area contributed by atoms with Crippen LogP contribution in [-0.4, -0.2) is 6.54 Å². The molecule has 0 spiro atoms. The summed E-state index contributed by atoms with van der Waals surface area (Å²) in [4.78, 5) is 0. The van der Waals surface area contributed by atoms with Crippen molar-refractivity contribution in [3.63, 3.8) is 0 Å². The van der Waals surface area contributed by atoms with Crippen LogP contribution in [0.25, 0.3) is 0 Å². The van der Waals surface area contributed by atoms with Gasteiger partial charge in [-0.05, 0) is 60.4 Å². The molecule has 1 nitrogen and oxygen atoms in total. The Hall–Kier alpha value is -1.38. The predicted octanol–water partition coefficient (Wildman–Crippen LogP) is 4.16. The highest BCUT2D eigenvalue weighted by atomic mass is 35.5. The van der Waals surface area contributed by atoms with Crippen LogP contribution in [0.15, 0.2) is 42.5 Å². The van der Waals surface area contributed by atoms with Crippen LogP contribution in [0.1, 0.15) is 23.1 Å². The third kappa shape index (κ3) is 2.83. The maximum absolute atomic E-state index is 14.2. The second-order valence-electron chi connectivity index (χ2n) is 6.04. The van der Waals surface area contributed by atoms with Crippen LogP contribution in [0, 0.1) is 11.2 Å². The molecule has 110 valence electrons. The molecule has 0 bridgehead atoms. The molecule has 0 amide bonds. The largest absolute Gasteiger partial charge is 0.330 e. The van der Waals surface area contributed by atoms with Gasteiger partial charge >= 0.3 is 0 Å². The molecule has 0 heterocycles. The number of hydrogen-bond donors (Lipinski definition) is 1. The SMILES string of the molecule is NCC1(Cc2cccc(Cl)c2F)CCc2ccccc2C1. The quantitative estimate of drug-likeness (QED) is 0.905. The number of aryl methyl sites for hydroxylation is 1. The van der Waals surface area contributed by atoms with Crippen molar-refractivity contribution in [2.24, 2.45) is 11.1 Å². The minimum Gasteiger partial charge on any atom is -0.330 e. The van der Waals surface area contributed by atoms with Crippen molar-refractivity contribution in [2.75, 3.05) is 6.54 Å². The van der Waals surface area contributed by atoms with E-state index in [9.17, 15) is 4.39 Å². The second kappa shape index (κ2) is 5.78. The minimum absolute atomic E-state index is 0.0696. The van der Waals surface area contributed by atoms with E-state index in [-0.39, 0.29) is 16.3 Å². The molecule has 0 saturated carbocycles. The number of nitrogens with two attached hydrogens (primary N) is 1. The van der Waals surface area contributed by atoms with E-state index in [0.29, 0.717) is 18.5 Å². The van der Waals surface area contributed by atoms with Gasteiger partial charge in [-0.25, -0.2) is 4.39 Å². The van der Waals surface area contributed by atoms with Crippen molar-refractivity contribution in [1.82, 2.24) is 0 Å². The van der Waals surface area contributed by atoms with Crippen molar-refractivity contribution in [3.05, 3.63) is 70.0 Å². The predicted molar refractivity (Wildman–Crippen MR) is 85.1 cm³/mol. The Kier molecular flexibility index (Phi) is 4.01. The summed E-state index contributed by atoms with van der Waals surface area (Å²) >= 11 is 5.89. The minimum atomic E-state index is -0.300. The molecule has 2 aromatic carbocycles. The standard InChI is InChI=1S/C18H19ClFN/c19-16-7-3-6-15(17(16)20)11-18(12-21)9-8-13-4-1-2-5-14(13)10-18/h1-7H,8-12,21H2. The fourth-order valence-corrected chi connectivity index (χ4v) is 3.55. The van der Waals surface area contributed by atoms with Gasteiger partial charge in [0.25, 0.3) is 0 Å². The summed E-state index contributed by atoms with van der Waals surface area (Å²) in [5.74, 6) is -0.300. The summed E-state index contributed by atoms with van der Waals surface area (Å²) in [6.45, 7) is 0.563. The smallest absolute Gasteiger partial charge is 0.144 e. The van der Waals surface area contributed by atoms with Gasteiger partial charge in [-0.1, -0.05) is 48.0 Å². The molecule has 1 aliphatic carbocycles. The summed E-state index contributed by atoms with van der Waals surface area (Å²) in [6.07, 6.45) is 3.55. The lowest BCUT2D eigenvalue weighted by molar-refractivity contribution is 0.251. The van der Waals surface area contributed by atoms with Crippen LogP contribution >= 0.6 is 11.6 Å². The third-order valence-electron chi connectivity index (χ3n) is 4.64. The molecule has 0 fully saturated rings. The maximum atomic E-state index is 14.2. The Bertz CT molecular complexity index is 655. The average Bonchev–Trinajstić information content (AvgIpc) is 2.52. The summed E-state index contributed by atoms with van der Waals surface area (Å²) in [5.41, 5.74) is 9.42. The van der Waals surface area contributed by atoms with E-state index < -0.39 is 0 Å². The highest BCUT2D eigenvalue weighted by Gasteiger charge is 2.34. The Morgan fingerprint density at radius 2 is 1.86 bits per heavy atom. The molecule has 3 heteroatoms. The summed E-state index contributed by atoms with van der Waals surface area (Å²) < 4.78 is 14.2. The lowest BCUT2D eigenvalue weighted by atomic mass is 9.68. The van der Waals surface area contributed by atoms with Crippen LogP contribution in [0.4, 0.5) is 4.39 Å². The molecule has 0 aliphatic heterocycles. The Morgan fingerprint density at radius 1 is 1.10 bits per heavy atom. The Labute approximate surface area is 129 Å². The van der Waals surface area contributed by atoms with Crippen molar-refractivity contribution in [2.45, 2.75) is 25.7 Å². The third-order valence-corrected chi connectivity index (χ3v) is 4.93. The van der Waals surface area contributed by atoms with Gasteiger partial charge in [-0.3, -0.25) is 0 Å². The Balaban J connectivity index is 1.91. The first-order valence-corrected chi connectivity index (χ1v) is 7.71. The van der Waals surface area contributed by atoms with Crippen molar-refractivity contribution >= 4 is 11.6 Å². The molecule has 1 unspecified atom stereocenters. The van der Waals surface area contributed by atoms with Crippen LogP contribution < -0.4 is 5.73 Å². The molecule has 1 aliphatic rings. The lowest BCUT2D eigenvalue weighted by Crippen LogP contribution is -2.38. The van der Waals surface area contributed by atoms with Crippen molar-refractivity contribution in [3.8, 4) is 0 Å². The number of hydrogen-bond acceptors (Lipinski definition) is 1. The van der Waals surface area contributed by atoms with Gasteiger partial charge in [0, 0.05) is 0 Å². The number of fused-ring (bicyclic) bond motifs is 1. The summed E-state index contributed by atoms with van der Waals surface area (Å²) in [5, 5.41) is 0.191. The van der Waals surface area contributed by atoms with Crippen LogP contribution in [0.2, 0.25) is 5.02 Å². The molecule has 0 saturated heterocycles. The normalized spacial score (nSPS) is 21.1. The number of rotatable bonds is 3. The van der Waals surface area contributed by atoms with E-state index in [0.717, 1.165) is 19.3 Å². The van der Waals surface area contributed by atoms with Crippen molar-refractivity contribution < 1.29 is 4.39 Å². The molecule has 1 atom stereocenters. The fraction of sp³-hybridized carbons (Fsp3) is 0.333. The van der Waals surface area contributed by atoms with Crippen LogP contribution in [0.5, 0.6) is 0 Å². The molecule has 0 radical (unpaired) electrons. The van der Waals surface area contributed by atoms with E-state index in [4.69, 9.17) is 17.3 Å². The number of halogens is 2. The first-order chi connectivity index (χ1) is 10.1. The summed E-state index contributed by atoms with van der Waals surface area (Å²) in [6, 6.07) is 13.7. The van der Waals surface area contributed by atoms with E-state index >= 15 is 0 Å². The van der Waals surface area contributed by atoms with E-state index in [2.05, 4.69) is 24.3 Å².